The molecule has 2 spiro atoms. The van der Waals surface area contributed by atoms with E-state index in [2.05, 4.69) is 39.5 Å². The predicted octanol–water partition coefficient (Wildman–Crippen LogP) is 18.8. The van der Waals surface area contributed by atoms with Crippen LogP contribution in [0, 0.1) is 0 Å². The molecule has 4 aliphatic carbocycles. The van der Waals surface area contributed by atoms with Gasteiger partial charge in [0, 0.05) is 37.9 Å². The SMILES string of the molecule is CCO[Si](CCCN1C(C)C23c4c5c6c7c8c9c(c%10c%11c2c2c4c4c%12c5c5c6c6c8c8c%13c9c9c%10c%10c%11c%11c2c2c4c4c%12c%12c5c5c6c8c6c8c%13c9c9c%10c%10c%11c2c2c4c4c%12c5c6c5c8c9c%10c2c45)C73C1C)(OCC)OCC. The summed E-state index contributed by atoms with van der Waals surface area (Å²) in [4.78, 5) is 3.12. The Hall–Kier alpha value is -7.48. The number of benzene rings is 18. The standard InChI is InChI=1S/C73H29NO3Si/c1-6-75-78(76-7-2,77-8-3)11-9-10-74-12(4)72-68-60-52-42-32-24-16-14-15-18-22-20(16)28-36-30(22)40-34-26(18)27-19(15)23-21-17(14)25(24)33-39-29(21)37-31(23)41-35(27)45-44(34)54-48(40)58-50(36)56(46(52)38(28)32)64(68)66(58)70-62(54)63-55(45)49(41)59-51(37)57-47(39)53(43(33)42)61(60)69(72)65(57)67(59)71(63)73(70,72)13(74)5/h12-13H,6-11H2,1-5H3. The van der Waals surface area contributed by atoms with Crippen LogP contribution in [0.15, 0.2) is 0 Å². The summed E-state index contributed by atoms with van der Waals surface area (Å²) in [5.41, 5.74) is 6.54. The van der Waals surface area contributed by atoms with E-state index in [0.29, 0.717) is 19.8 Å². The highest BCUT2D eigenvalue weighted by Gasteiger charge is 2.77. The minimum atomic E-state index is -2.90. The Labute approximate surface area is 434 Å². The first-order valence-electron chi connectivity index (χ1n) is 30.0. The van der Waals surface area contributed by atoms with Crippen LogP contribution in [0.5, 0.6) is 0 Å². The highest BCUT2D eigenvalue weighted by atomic mass is 28.4. The van der Waals surface area contributed by atoms with Crippen LogP contribution in [-0.4, -0.2) is 52.2 Å². The van der Waals surface area contributed by atoms with Gasteiger partial charge in [-0.05, 0) is 361 Å². The maximum absolute atomic E-state index is 6.66. The summed E-state index contributed by atoms with van der Waals surface area (Å²) in [6, 6.07) is 1.33. The molecule has 0 aromatic heterocycles. The molecular weight excluding hydrogens is 967 g/mol. The highest BCUT2D eigenvalue weighted by Crippen LogP contribution is 2.86. The zero-order chi connectivity index (χ0) is 48.1. The van der Waals surface area contributed by atoms with E-state index >= 15 is 0 Å². The van der Waals surface area contributed by atoms with Gasteiger partial charge in [0.25, 0.3) is 0 Å². The Morgan fingerprint density at radius 2 is 0.423 bits per heavy atom. The fraction of sp³-hybridized carbons (Fsp3) is 0.205. The monoisotopic (exact) mass is 995 g/mol. The minimum Gasteiger partial charge on any atom is -0.374 e. The lowest BCUT2D eigenvalue weighted by atomic mass is 9.47. The molecule has 33 rings (SSSR count). The first kappa shape index (κ1) is 33.1. The molecule has 0 bridgehead atoms. The van der Waals surface area contributed by atoms with Crippen LogP contribution in [0.3, 0.4) is 0 Å². The van der Waals surface area contributed by atoms with Crippen LogP contribution in [0.25, 0.3) is 291 Å². The second-order valence-electron chi connectivity index (χ2n) is 28.0. The summed E-state index contributed by atoms with van der Waals surface area (Å²) < 4.78 is 20.0. The van der Waals surface area contributed by atoms with Crippen LogP contribution in [0.2, 0.25) is 6.04 Å². The number of rotatable bonds is 10. The third-order valence-electron chi connectivity index (χ3n) is 27.7. The van der Waals surface area contributed by atoms with Crippen LogP contribution in [-0.2, 0) is 24.1 Å². The largest absolute Gasteiger partial charge is 0.500 e. The van der Waals surface area contributed by atoms with Gasteiger partial charge in [0.2, 0.25) is 0 Å². The van der Waals surface area contributed by atoms with Crippen molar-refractivity contribution >= 4 is 300 Å². The van der Waals surface area contributed by atoms with Gasteiger partial charge in [-0.1, -0.05) is 0 Å². The lowest BCUT2D eigenvalue weighted by molar-refractivity contribution is 0.0691. The van der Waals surface area contributed by atoms with Gasteiger partial charge in [-0.25, -0.2) is 0 Å². The van der Waals surface area contributed by atoms with Crippen molar-refractivity contribution in [3.8, 4) is 0 Å². The molecule has 0 amide bonds. The van der Waals surface area contributed by atoms with Gasteiger partial charge in [-0.2, -0.15) is 0 Å². The summed E-state index contributed by atoms with van der Waals surface area (Å²) in [5.74, 6) is 0. The van der Waals surface area contributed by atoms with Crippen LogP contribution in [0.4, 0.5) is 0 Å². The average Bonchev–Trinajstić information content (AvgIpc) is 1.42. The second kappa shape index (κ2) is 7.96. The van der Waals surface area contributed by atoms with Crippen molar-refractivity contribution in [3.05, 3.63) is 22.3 Å². The molecule has 1 aliphatic heterocycles. The van der Waals surface area contributed by atoms with Gasteiger partial charge in [0.15, 0.2) is 0 Å². The fourth-order valence-corrected chi connectivity index (χ4v) is 30.2. The van der Waals surface area contributed by atoms with Crippen LogP contribution < -0.4 is 0 Å². The molecule has 78 heavy (non-hydrogen) atoms. The van der Waals surface area contributed by atoms with E-state index in [0.717, 1.165) is 19.0 Å². The van der Waals surface area contributed by atoms with E-state index in [1.165, 1.54) is 0 Å². The van der Waals surface area contributed by atoms with Crippen molar-refractivity contribution in [2.75, 3.05) is 26.4 Å². The molecule has 0 radical (unpaired) electrons. The van der Waals surface area contributed by atoms with Gasteiger partial charge in [0.1, 0.15) is 0 Å². The molecule has 1 heterocycles. The van der Waals surface area contributed by atoms with E-state index in [1.807, 2.05) is 0 Å². The van der Waals surface area contributed by atoms with Crippen molar-refractivity contribution < 1.29 is 13.3 Å². The van der Waals surface area contributed by atoms with E-state index in [1.54, 1.807) is 313 Å². The normalized spacial score (nSPS) is 24.0. The first-order chi connectivity index (χ1) is 38.6. The van der Waals surface area contributed by atoms with Gasteiger partial charge >= 0.3 is 8.80 Å². The molecule has 0 N–H and O–H groups in total. The summed E-state index contributed by atoms with van der Waals surface area (Å²) >= 11 is 0. The summed E-state index contributed by atoms with van der Waals surface area (Å²) in [5, 5.41) is 90.2. The third-order valence-corrected chi connectivity index (χ3v) is 30.8. The summed E-state index contributed by atoms with van der Waals surface area (Å²) in [7, 11) is -2.90. The van der Waals surface area contributed by atoms with Gasteiger partial charge in [0.05, 0.1) is 10.8 Å². The number of hydrogen-bond acceptors (Lipinski definition) is 4. The maximum Gasteiger partial charge on any atom is 0.500 e. The van der Waals surface area contributed by atoms with Crippen molar-refractivity contribution in [1.82, 2.24) is 4.90 Å². The Balaban J connectivity index is 0.990. The molecule has 2 atom stereocenters. The summed E-state index contributed by atoms with van der Waals surface area (Å²) in [6.45, 7) is 14.8. The average molecular weight is 996 g/mol. The third kappa shape index (κ3) is 1.91. The smallest absolute Gasteiger partial charge is 0.374 e. The van der Waals surface area contributed by atoms with Crippen molar-refractivity contribution in [2.45, 2.75) is 70.0 Å². The van der Waals surface area contributed by atoms with Crippen molar-refractivity contribution in [2.24, 2.45) is 0 Å². The van der Waals surface area contributed by atoms with Crippen molar-refractivity contribution in [3.63, 3.8) is 0 Å². The van der Waals surface area contributed by atoms with E-state index in [9.17, 15) is 0 Å². The Morgan fingerprint density at radius 1 is 0.269 bits per heavy atom. The molecule has 28 aromatic rings. The Kier molecular flexibility index (Phi) is 3.37. The molecule has 5 aliphatic rings. The van der Waals surface area contributed by atoms with Gasteiger partial charge in [-0.15, -0.1) is 0 Å². The Morgan fingerprint density at radius 3 is 0.577 bits per heavy atom. The maximum atomic E-state index is 6.66. The number of hydrogen-bond donors (Lipinski definition) is 0. The van der Waals surface area contributed by atoms with Gasteiger partial charge in [-0.3, -0.25) is 4.90 Å². The zero-order valence-electron chi connectivity index (χ0n) is 42.6. The topological polar surface area (TPSA) is 30.9 Å². The number of likely N-dealkylation sites (tertiary alicyclic amines) is 1. The van der Waals surface area contributed by atoms with E-state index in [4.69, 9.17) is 13.3 Å². The van der Waals surface area contributed by atoms with E-state index in [-0.39, 0.29) is 22.9 Å². The number of nitrogens with zero attached hydrogens (tertiary/aromatic N) is 1. The van der Waals surface area contributed by atoms with E-state index < -0.39 is 8.80 Å². The van der Waals surface area contributed by atoms with Crippen LogP contribution >= 0.6 is 0 Å². The zero-order valence-corrected chi connectivity index (χ0v) is 43.6. The fourth-order valence-electron chi connectivity index (χ4n) is 27.6. The molecule has 0 saturated carbocycles. The molecular formula is C73H29NO3Si. The molecule has 2 unspecified atom stereocenters. The molecule has 4 nitrogen and oxygen atoms in total. The highest BCUT2D eigenvalue weighted by molar-refractivity contribution is 6.82. The first-order valence-corrected chi connectivity index (χ1v) is 31.9. The Bertz CT molecular complexity index is 6770. The molecule has 1 fully saturated rings. The van der Waals surface area contributed by atoms with Gasteiger partial charge < -0.3 is 13.3 Å². The second-order valence-corrected chi connectivity index (χ2v) is 30.8. The molecule has 28 aromatic carbocycles. The molecule has 5 heteroatoms. The lowest BCUT2D eigenvalue weighted by Crippen LogP contribution is -2.55. The minimum absolute atomic E-state index is 0.241. The molecule has 1 saturated heterocycles. The predicted molar refractivity (Wildman–Crippen MR) is 330 cm³/mol. The quantitative estimate of drug-likeness (QED) is 0.101. The van der Waals surface area contributed by atoms with Crippen molar-refractivity contribution in [1.29, 1.82) is 0 Å². The van der Waals surface area contributed by atoms with Crippen LogP contribution in [0.1, 0.15) is 63.3 Å². The lowest BCUT2D eigenvalue weighted by Gasteiger charge is -2.52. The molecule has 348 valence electrons. The summed E-state index contributed by atoms with van der Waals surface area (Å²) in [6.07, 6.45) is 0.992.